The van der Waals surface area contributed by atoms with Crippen molar-refractivity contribution < 1.29 is 27.8 Å². The van der Waals surface area contributed by atoms with Crippen molar-refractivity contribution >= 4 is 12.0 Å². The molecule has 0 fully saturated rings. The molecule has 2 aromatic rings. The number of hydrogen-bond acceptors (Lipinski definition) is 5. The molecule has 1 N–H and O–H groups in total. The Morgan fingerprint density at radius 1 is 1.09 bits per heavy atom. The molecule has 0 saturated carbocycles. The van der Waals surface area contributed by atoms with Crippen LogP contribution in [0.1, 0.15) is 23.1 Å². The maximum absolute atomic E-state index is 13.1. The van der Waals surface area contributed by atoms with Gasteiger partial charge in [-0.3, -0.25) is 4.79 Å². The SMILES string of the molecule is N#CC(COCc1ccccc1)NC(=O)C(CC(F)F)OC(=O)N1CCc2ccccc2C1. The minimum absolute atomic E-state index is 0.143. The number of nitrogens with one attached hydrogen (secondary N) is 1. The van der Waals surface area contributed by atoms with Crippen molar-refractivity contribution in [3.8, 4) is 6.07 Å². The largest absolute Gasteiger partial charge is 0.436 e. The Kier molecular flexibility index (Phi) is 8.72. The van der Waals surface area contributed by atoms with E-state index in [1.165, 1.54) is 4.90 Å². The molecule has 2 unspecified atom stereocenters. The number of fused-ring (bicyclic) bond motifs is 1. The van der Waals surface area contributed by atoms with Gasteiger partial charge in [0, 0.05) is 13.1 Å². The lowest BCUT2D eigenvalue weighted by atomic mass is 10.0. The number of nitriles is 1. The van der Waals surface area contributed by atoms with Crippen LogP contribution < -0.4 is 5.32 Å². The van der Waals surface area contributed by atoms with Gasteiger partial charge in [0.1, 0.15) is 6.04 Å². The third-order valence-electron chi connectivity index (χ3n) is 5.19. The van der Waals surface area contributed by atoms with Crippen molar-refractivity contribution in [2.75, 3.05) is 13.2 Å². The van der Waals surface area contributed by atoms with Crippen molar-refractivity contribution in [2.24, 2.45) is 0 Å². The van der Waals surface area contributed by atoms with Crippen LogP contribution in [0.15, 0.2) is 54.6 Å². The highest BCUT2D eigenvalue weighted by Gasteiger charge is 2.31. The second-order valence-electron chi connectivity index (χ2n) is 7.63. The maximum Gasteiger partial charge on any atom is 0.410 e. The number of rotatable bonds is 9. The summed E-state index contributed by atoms with van der Waals surface area (Å²) in [5, 5.41) is 11.6. The van der Waals surface area contributed by atoms with Gasteiger partial charge in [0.05, 0.1) is 25.7 Å². The molecule has 7 nitrogen and oxygen atoms in total. The van der Waals surface area contributed by atoms with Crippen molar-refractivity contribution in [1.82, 2.24) is 10.2 Å². The Morgan fingerprint density at radius 2 is 1.79 bits per heavy atom. The fourth-order valence-corrected chi connectivity index (χ4v) is 3.46. The smallest absolute Gasteiger partial charge is 0.410 e. The summed E-state index contributed by atoms with van der Waals surface area (Å²) in [6.45, 7) is 0.704. The van der Waals surface area contributed by atoms with Gasteiger partial charge in [-0.05, 0) is 23.1 Å². The van der Waals surface area contributed by atoms with E-state index in [0.29, 0.717) is 13.0 Å². The lowest BCUT2D eigenvalue weighted by molar-refractivity contribution is -0.133. The van der Waals surface area contributed by atoms with Gasteiger partial charge in [-0.2, -0.15) is 5.26 Å². The molecule has 9 heteroatoms. The second kappa shape index (κ2) is 11.9. The predicted octanol–water partition coefficient (Wildman–Crippen LogP) is 3.43. The van der Waals surface area contributed by atoms with Gasteiger partial charge in [-0.1, -0.05) is 54.6 Å². The summed E-state index contributed by atoms with van der Waals surface area (Å²) in [5.74, 6) is -0.962. The van der Waals surface area contributed by atoms with E-state index in [1.54, 1.807) is 0 Å². The van der Waals surface area contributed by atoms with E-state index >= 15 is 0 Å². The number of carbonyl (C=O) groups is 2. The molecular weight excluding hydrogens is 432 g/mol. The fourth-order valence-electron chi connectivity index (χ4n) is 3.46. The molecule has 2 amide bonds. The van der Waals surface area contributed by atoms with E-state index in [2.05, 4.69) is 5.32 Å². The van der Waals surface area contributed by atoms with Crippen molar-refractivity contribution in [1.29, 1.82) is 5.26 Å². The summed E-state index contributed by atoms with van der Waals surface area (Å²) in [5.41, 5.74) is 2.93. The molecule has 2 atom stereocenters. The zero-order chi connectivity index (χ0) is 23.6. The third-order valence-corrected chi connectivity index (χ3v) is 5.19. The summed E-state index contributed by atoms with van der Waals surface area (Å²) in [7, 11) is 0. The third kappa shape index (κ3) is 7.26. The standard InChI is InChI=1S/C24H25F2N3O4/c25-22(26)12-21(33-24(31)29-11-10-18-8-4-5-9-19(18)14-29)23(30)28-20(13-27)16-32-15-17-6-2-1-3-7-17/h1-9,20-22H,10-12,14-16H2,(H,28,30). The van der Waals surface area contributed by atoms with E-state index in [-0.39, 0.29) is 19.8 Å². The first kappa shape index (κ1) is 24.1. The minimum atomic E-state index is -2.87. The number of benzene rings is 2. The van der Waals surface area contributed by atoms with Crippen LogP contribution >= 0.6 is 0 Å². The number of nitrogens with zero attached hydrogens (tertiary/aromatic N) is 2. The number of ether oxygens (including phenoxy) is 2. The van der Waals surface area contributed by atoms with Crippen LogP contribution in [0.2, 0.25) is 0 Å². The zero-order valence-electron chi connectivity index (χ0n) is 18.0. The molecular formula is C24H25F2N3O4. The quantitative estimate of drug-likeness (QED) is 0.623. The fraction of sp³-hybridized carbons (Fsp3) is 0.375. The Balaban J connectivity index is 1.55. The second-order valence-corrected chi connectivity index (χ2v) is 7.63. The maximum atomic E-state index is 13.1. The Morgan fingerprint density at radius 3 is 2.48 bits per heavy atom. The highest BCUT2D eigenvalue weighted by molar-refractivity contribution is 5.84. The summed E-state index contributed by atoms with van der Waals surface area (Å²) in [6, 6.07) is 17.6. The van der Waals surface area contributed by atoms with E-state index < -0.39 is 37.0 Å². The number of alkyl halides is 2. The van der Waals surface area contributed by atoms with Crippen molar-refractivity contribution in [3.63, 3.8) is 0 Å². The molecule has 3 rings (SSSR count). The van der Waals surface area contributed by atoms with Crippen LogP contribution in [0.5, 0.6) is 0 Å². The van der Waals surface area contributed by atoms with Crippen LogP contribution in [-0.2, 0) is 33.8 Å². The average molecular weight is 457 g/mol. The average Bonchev–Trinajstić information content (AvgIpc) is 2.82. The van der Waals surface area contributed by atoms with Crippen molar-refractivity contribution in [3.05, 3.63) is 71.3 Å². The number of halogens is 2. The van der Waals surface area contributed by atoms with Crippen LogP contribution in [-0.4, -0.2) is 48.6 Å². The highest BCUT2D eigenvalue weighted by atomic mass is 19.3. The Bertz CT molecular complexity index is 981. The Hall–Kier alpha value is -3.51. The van der Waals surface area contributed by atoms with Crippen LogP contribution in [0.4, 0.5) is 13.6 Å². The van der Waals surface area contributed by atoms with E-state index in [9.17, 15) is 23.6 Å². The zero-order valence-corrected chi connectivity index (χ0v) is 18.0. The molecule has 0 aliphatic carbocycles. The Labute approximate surface area is 190 Å². The van der Waals surface area contributed by atoms with Gasteiger partial charge in [0.15, 0.2) is 6.10 Å². The summed E-state index contributed by atoms with van der Waals surface area (Å²) >= 11 is 0. The summed E-state index contributed by atoms with van der Waals surface area (Å²) in [4.78, 5) is 26.5. The number of hydrogen-bond donors (Lipinski definition) is 1. The molecule has 0 bridgehead atoms. The molecule has 174 valence electrons. The predicted molar refractivity (Wildman–Crippen MR) is 115 cm³/mol. The summed E-state index contributed by atoms with van der Waals surface area (Å²) < 4.78 is 36.7. The molecule has 1 aliphatic heterocycles. The van der Waals surface area contributed by atoms with Crippen LogP contribution in [0, 0.1) is 11.3 Å². The van der Waals surface area contributed by atoms with E-state index in [4.69, 9.17) is 9.47 Å². The normalized spacial score (nSPS) is 14.7. The first-order valence-corrected chi connectivity index (χ1v) is 10.6. The molecule has 0 spiro atoms. The minimum Gasteiger partial charge on any atom is -0.436 e. The van der Waals surface area contributed by atoms with Gasteiger partial charge in [0.2, 0.25) is 6.43 Å². The molecule has 1 aliphatic rings. The van der Waals surface area contributed by atoms with Gasteiger partial charge in [-0.25, -0.2) is 13.6 Å². The van der Waals surface area contributed by atoms with Gasteiger partial charge in [-0.15, -0.1) is 0 Å². The van der Waals surface area contributed by atoms with Gasteiger partial charge >= 0.3 is 6.09 Å². The lowest BCUT2D eigenvalue weighted by Crippen LogP contribution is -2.47. The molecule has 2 aromatic carbocycles. The summed E-state index contributed by atoms with van der Waals surface area (Å²) in [6.07, 6.45) is -5.80. The topological polar surface area (TPSA) is 91.7 Å². The lowest BCUT2D eigenvalue weighted by Gasteiger charge is -2.29. The first-order valence-electron chi connectivity index (χ1n) is 10.6. The number of amides is 2. The number of carbonyl (C=O) groups excluding carboxylic acids is 2. The van der Waals surface area contributed by atoms with Gasteiger partial charge in [0.25, 0.3) is 5.91 Å². The van der Waals surface area contributed by atoms with Crippen molar-refractivity contribution in [2.45, 2.75) is 44.6 Å². The van der Waals surface area contributed by atoms with E-state index in [0.717, 1.165) is 16.7 Å². The highest BCUT2D eigenvalue weighted by Crippen LogP contribution is 2.20. The van der Waals surface area contributed by atoms with E-state index in [1.807, 2.05) is 60.7 Å². The molecule has 0 radical (unpaired) electrons. The van der Waals surface area contributed by atoms with Crippen LogP contribution in [0.25, 0.3) is 0 Å². The monoisotopic (exact) mass is 457 g/mol. The van der Waals surface area contributed by atoms with Crippen LogP contribution in [0.3, 0.4) is 0 Å². The first-order chi connectivity index (χ1) is 16.0. The molecule has 33 heavy (non-hydrogen) atoms. The molecule has 0 aromatic heterocycles. The van der Waals surface area contributed by atoms with Gasteiger partial charge < -0.3 is 19.7 Å². The molecule has 0 saturated heterocycles. The molecule has 1 heterocycles.